The Bertz CT molecular complexity index is 2610. The molecule has 1 aliphatic rings. The Kier molecular flexibility index (Phi) is 16.6. The molecule has 0 spiro atoms. The molecule has 12 heteroatoms. The lowest BCUT2D eigenvalue weighted by atomic mass is 9.68. The van der Waals surface area contributed by atoms with Crippen molar-refractivity contribution >= 4 is 35.1 Å². The Morgan fingerprint density at radius 1 is 0.493 bits per heavy atom. The molecule has 6 aromatic carbocycles. The number of ether oxygens (including phenoxy) is 4. The van der Waals surface area contributed by atoms with Crippen LogP contribution in [0, 0.1) is 24.7 Å². The highest BCUT2D eigenvalue weighted by molar-refractivity contribution is 5.92. The van der Waals surface area contributed by atoms with Crippen molar-refractivity contribution in [3.8, 4) is 47.3 Å². The van der Waals surface area contributed by atoms with Crippen LogP contribution < -0.4 is 20.1 Å². The van der Waals surface area contributed by atoms with Crippen LogP contribution in [0.4, 0.5) is 11.4 Å². The number of carbonyl (C=O) groups excluding carboxylic acids is 4. The highest BCUT2D eigenvalue weighted by atomic mass is 16.6. The summed E-state index contributed by atoms with van der Waals surface area (Å²) in [4.78, 5) is 49.3. The first kappa shape index (κ1) is 48.8. The highest BCUT2D eigenvalue weighted by Gasteiger charge is 2.46. The highest BCUT2D eigenvalue weighted by Crippen LogP contribution is 2.56. The van der Waals surface area contributed by atoms with Crippen molar-refractivity contribution in [2.45, 2.75) is 56.1 Å². The normalized spacial score (nSPS) is 12.7. The number of terminal acetylenes is 2. The first-order valence-electron chi connectivity index (χ1n) is 22.6. The van der Waals surface area contributed by atoms with Gasteiger partial charge in [0.2, 0.25) is 11.8 Å². The molecule has 4 N–H and O–H groups in total. The second kappa shape index (κ2) is 23.5. The van der Waals surface area contributed by atoms with Gasteiger partial charge in [0.25, 0.3) is 0 Å². The summed E-state index contributed by atoms with van der Waals surface area (Å²) >= 11 is 0. The summed E-state index contributed by atoms with van der Waals surface area (Å²) in [6, 6.07) is 45.7. The van der Waals surface area contributed by atoms with Crippen LogP contribution in [-0.4, -0.2) is 72.6 Å². The maximum atomic E-state index is 12.4. The number of anilines is 2. The monoisotopic (exact) mass is 924 g/mol. The summed E-state index contributed by atoms with van der Waals surface area (Å²) in [5, 5.41) is 26.7. The third-order valence-electron chi connectivity index (χ3n) is 11.5. The van der Waals surface area contributed by atoms with Crippen molar-refractivity contribution in [2.24, 2.45) is 0 Å². The zero-order chi connectivity index (χ0) is 48.6. The van der Waals surface area contributed by atoms with Crippen molar-refractivity contribution in [3.63, 3.8) is 0 Å². The Hall–Kier alpha value is -8.16. The Balaban J connectivity index is 0.905. The Morgan fingerprint density at radius 3 is 1.25 bits per heavy atom. The van der Waals surface area contributed by atoms with E-state index >= 15 is 0 Å². The van der Waals surface area contributed by atoms with E-state index in [-0.39, 0.29) is 76.8 Å². The molecule has 12 nitrogen and oxygen atoms in total. The summed E-state index contributed by atoms with van der Waals surface area (Å²) in [7, 11) is 0. The number of hydrogen-bond donors (Lipinski definition) is 4. The number of hydrogen-bond acceptors (Lipinski definition) is 10. The van der Waals surface area contributed by atoms with E-state index in [1.54, 1.807) is 48.5 Å². The largest absolute Gasteiger partial charge is 0.491 e. The van der Waals surface area contributed by atoms with Crippen molar-refractivity contribution in [1.82, 2.24) is 0 Å². The predicted molar refractivity (Wildman–Crippen MR) is 262 cm³/mol. The van der Waals surface area contributed by atoms with Gasteiger partial charge in [-0.2, -0.15) is 0 Å². The van der Waals surface area contributed by atoms with Crippen LogP contribution in [0.3, 0.4) is 0 Å². The number of fused-ring (bicyclic) bond motifs is 3. The Labute approximate surface area is 401 Å². The lowest BCUT2D eigenvalue weighted by Gasteiger charge is -2.34. The number of aliphatic hydroxyl groups is 2. The second-order valence-electron chi connectivity index (χ2n) is 16.4. The van der Waals surface area contributed by atoms with Gasteiger partial charge in [-0.05, 0) is 119 Å². The molecule has 0 saturated heterocycles. The average Bonchev–Trinajstić information content (AvgIpc) is 3.68. The molecule has 0 radical (unpaired) electrons. The fourth-order valence-corrected chi connectivity index (χ4v) is 8.16. The van der Waals surface area contributed by atoms with E-state index in [1.807, 2.05) is 72.8 Å². The van der Waals surface area contributed by atoms with Crippen LogP contribution in [0.2, 0.25) is 0 Å². The second-order valence-corrected chi connectivity index (χ2v) is 16.4. The van der Waals surface area contributed by atoms with Gasteiger partial charge in [-0.1, -0.05) is 84.6 Å². The van der Waals surface area contributed by atoms with E-state index < -0.39 is 29.6 Å². The van der Waals surface area contributed by atoms with Crippen LogP contribution >= 0.6 is 0 Å². The van der Waals surface area contributed by atoms with Crippen molar-refractivity contribution in [1.29, 1.82) is 0 Å². The number of nitrogens with one attached hydrogen (secondary N) is 2. The molecule has 0 bridgehead atoms. The molecule has 6 aromatic rings. The molecule has 69 heavy (non-hydrogen) atoms. The SMILES string of the molecule is C#Cc1ccc(NC(=O)CCCC(=O)OCC(O)COc2ccc(C3(c4ccc(OCC(O)COC(=O)CCCC(=O)Nc5ccc(C#C)cc5)cc4)c4ccccc4-c4ccccc43)cc2)cc1. The first-order chi connectivity index (χ1) is 33.5. The number of amides is 2. The van der Waals surface area contributed by atoms with E-state index in [1.165, 1.54) is 0 Å². The Morgan fingerprint density at radius 2 is 0.870 bits per heavy atom. The van der Waals surface area contributed by atoms with Gasteiger partial charge in [-0.25, -0.2) is 0 Å². The molecule has 1 aliphatic carbocycles. The van der Waals surface area contributed by atoms with E-state index in [9.17, 15) is 29.4 Å². The van der Waals surface area contributed by atoms with E-state index in [4.69, 9.17) is 31.8 Å². The third-order valence-corrected chi connectivity index (χ3v) is 11.5. The van der Waals surface area contributed by atoms with Crippen molar-refractivity contribution in [2.75, 3.05) is 37.1 Å². The van der Waals surface area contributed by atoms with Gasteiger partial charge in [-0.3, -0.25) is 19.2 Å². The van der Waals surface area contributed by atoms with Crippen LogP contribution in [-0.2, 0) is 34.1 Å². The topological polar surface area (TPSA) is 170 Å². The minimum absolute atomic E-state index is 0.0166. The minimum Gasteiger partial charge on any atom is -0.491 e. The lowest BCUT2D eigenvalue weighted by Crippen LogP contribution is -2.28. The molecular weight excluding hydrogens is 873 g/mol. The molecule has 0 heterocycles. The van der Waals surface area contributed by atoms with Crippen LogP contribution in [0.15, 0.2) is 146 Å². The number of aliphatic hydroxyl groups excluding tert-OH is 2. The molecule has 2 amide bonds. The molecule has 7 rings (SSSR count). The zero-order valence-corrected chi connectivity index (χ0v) is 37.9. The van der Waals surface area contributed by atoms with E-state index in [0.717, 1.165) is 33.4 Å². The van der Waals surface area contributed by atoms with E-state index in [0.29, 0.717) is 34.0 Å². The maximum absolute atomic E-state index is 12.4. The number of rotatable bonds is 22. The van der Waals surface area contributed by atoms with Gasteiger partial charge in [0.15, 0.2) is 0 Å². The predicted octanol–water partition coefficient (Wildman–Crippen LogP) is 8.20. The number of esters is 2. The fourth-order valence-electron chi connectivity index (χ4n) is 8.16. The summed E-state index contributed by atoms with van der Waals surface area (Å²) in [5.41, 5.74) is 8.24. The van der Waals surface area contributed by atoms with Crippen LogP contribution in [0.1, 0.15) is 71.9 Å². The average molecular weight is 925 g/mol. The smallest absolute Gasteiger partial charge is 0.305 e. The molecule has 0 aliphatic heterocycles. The van der Waals surface area contributed by atoms with Gasteiger partial charge in [0.05, 0.1) is 5.41 Å². The summed E-state index contributed by atoms with van der Waals surface area (Å²) < 4.78 is 22.4. The van der Waals surface area contributed by atoms with Crippen LogP contribution in [0.25, 0.3) is 11.1 Å². The van der Waals surface area contributed by atoms with E-state index in [2.05, 4.69) is 46.7 Å². The lowest BCUT2D eigenvalue weighted by molar-refractivity contribution is -0.148. The van der Waals surface area contributed by atoms with Gasteiger partial charge in [0, 0.05) is 48.2 Å². The third kappa shape index (κ3) is 12.6. The number of benzene rings is 6. The molecular formula is C57H52N2O10. The molecule has 0 fully saturated rings. The van der Waals surface area contributed by atoms with Gasteiger partial charge < -0.3 is 39.8 Å². The fraction of sp³-hybridized carbons (Fsp3) is 0.228. The van der Waals surface area contributed by atoms with Crippen molar-refractivity contribution < 1.29 is 48.3 Å². The summed E-state index contributed by atoms with van der Waals surface area (Å²) in [5.74, 6) is 4.53. The van der Waals surface area contributed by atoms with Gasteiger partial charge >= 0.3 is 11.9 Å². The molecule has 2 atom stereocenters. The molecule has 0 saturated carbocycles. The molecule has 350 valence electrons. The minimum atomic E-state index is -1.08. The van der Waals surface area contributed by atoms with Crippen LogP contribution in [0.5, 0.6) is 11.5 Å². The summed E-state index contributed by atoms with van der Waals surface area (Å²) in [6.07, 6.45) is 9.43. The van der Waals surface area contributed by atoms with Crippen molar-refractivity contribution in [3.05, 3.63) is 179 Å². The quantitative estimate of drug-likeness (QED) is 0.0384. The first-order valence-corrected chi connectivity index (χ1v) is 22.6. The number of carbonyl (C=O) groups is 4. The summed E-state index contributed by atoms with van der Waals surface area (Å²) in [6.45, 7) is -0.756. The molecule has 0 aromatic heterocycles. The molecule has 2 unspecified atom stereocenters. The van der Waals surface area contributed by atoms with Gasteiger partial charge in [-0.15, -0.1) is 12.8 Å². The maximum Gasteiger partial charge on any atom is 0.305 e. The standard InChI is InChI=1S/C57H52N2O10/c1-3-39-19-27-43(28-20-39)58-53(62)15-9-17-55(64)68-37-45(60)35-66-47-31-23-41(24-32-47)57(51-13-7-5-11-49(51)50-12-6-8-14-52(50)57)42-25-33-48(34-26-42)67-36-46(61)38-69-56(65)18-10-16-54(63)59-44-29-21-40(4-2)22-30-44/h1-2,5-8,11-14,19-34,45-46,60-61H,9-10,15-18,35-38H2,(H,58,62)(H,59,63). The zero-order valence-electron chi connectivity index (χ0n) is 37.9. The van der Waals surface area contributed by atoms with Gasteiger partial charge in [0.1, 0.15) is 50.1 Å².